The standard InChI is InChI=1S/C14H8N2O2/c17-15-13-9-5-1-2-6-10(9)14(16-18)12-8-4-3-7-11(12)13/h1-8H. The summed E-state index contributed by atoms with van der Waals surface area (Å²) in [5.74, 6) is 0. The van der Waals surface area contributed by atoms with E-state index in [2.05, 4.69) is 10.4 Å². The molecule has 0 saturated carbocycles. The lowest BCUT2D eigenvalue weighted by molar-refractivity contribution is 1.53. The topological polar surface area (TPSA) is 58.9 Å². The number of rotatable bonds is 2. The second kappa shape index (κ2) is 4.00. The number of hydrogen-bond donors (Lipinski definition) is 0. The van der Waals surface area contributed by atoms with Crippen LogP contribution in [0.1, 0.15) is 0 Å². The van der Waals surface area contributed by atoms with Crippen molar-refractivity contribution in [3.63, 3.8) is 0 Å². The molecule has 0 aliphatic heterocycles. The molecule has 0 spiro atoms. The van der Waals surface area contributed by atoms with Gasteiger partial charge >= 0.3 is 0 Å². The summed E-state index contributed by atoms with van der Waals surface area (Å²) in [6, 6.07) is 14.3. The highest BCUT2D eigenvalue weighted by Crippen LogP contribution is 2.42. The number of hydrogen-bond acceptors (Lipinski definition) is 4. The Bertz CT molecular complexity index is 658. The molecule has 4 nitrogen and oxygen atoms in total. The molecule has 86 valence electrons. The fourth-order valence-corrected chi connectivity index (χ4v) is 2.28. The van der Waals surface area contributed by atoms with Crippen LogP contribution >= 0.6 is 0 Å². The first kappa shape index (κ1) is 10.5. The Kier molecular flexibility index (Phi) is 2.34. The fourth-order valence-electron chi connectivity index (χ4n) is 2.28. The van der Waals surface area contributed by atoms with Gasteiger partial charge < -0.3 is 0 Å². The lowest BCUT2D eigenvalue weighted by Gasteiger charge is -2.07. The van der Waals surface area contributed by atoms with Crippen molar-refractivity contribution in [2.24, 2.45) is 10.4 Å². The van der Waals surface area contributed by atoms with Crippen LogP contribution in [-0.2, 0) is 0 Å². The molecule has 0 radical (unpaired) electrons. The normalized spacial score (nSPS) is 10.7. The van der Waals surface area contributed by atoms with Gasteiger partial charge in [-0.15, -0.1) is 9.81 Å². The lowest BCUT2D eigenvalue weighted by atomic mass is 9.99. The lowest BCUT2D eigenvalue weighted by Crippen LogP contribution is -1.80. The maximum atomic E-state index is 11.1. The first-order valence-corrected chi connectivity index (χ1v) is 5.47. The Morgan fingerprint density at radius 3 is 1.06 bits per heavy atom. The average Bonchev–Trinajstić information content (AvgIpc) is 2.44. The van der Waals surface area contributed by atoms with Crippen LogP contribution in [0.2, 0.25) is 0 Å². The van der Waals surface area contributed by atoms with Gasteiger partial charge in [-0.25, -0.2) is 0 Å². The third kappa shape index (κ3) is 1.32. The zero-order valence-electron chi connectivity index (χ0n) is 9.33. The summed E-state index contributed by atoms with van der Waals surface area (Å²) in [5, 5.41) is 8.83. The molecule has 4 heteroatoms. The second-order valence-corrected chi connectivity index (χ2v) is 3.97. The minimum absolute atomic E-state index is 0.355. The minimum Gasteiger partial charge on any atom is -0.145 e. The summed E-state index contributed by atoms with van der Waals surface area (Å²) in [4.78, 5) is 22.2. The van der Waals surface area contributed by atoms with E-state index in [1.54, 1.807) is 48.5 Å². The van der Waals surface area contributed by atoms with E-state index in [1.165, 1.54) is 0 Å². The molecule has 3 aromatic carbocycles. The molecule has 3 aromatic rings. The van der Waals surface area contributed by atoms with Crippen LogP contribution < -0.4 is 0 Å². The molecular weight excluding hydrogens is 228 g/mol. The second-order valence-electron chi connectivity index (χ2n) is 3.97. The van der Waals surface area contributed by atoms with Crippen molar-refractivity contribution in [1.29, 1.82) is 0 Å². The molecule has 0 N–H and O–H groups in total. The van der Waals surface area contributed by atoms with Crippen LogP contribution in [0.25, 0.3) is 21.5 Å². The van der Waals surface area contributed by atoms with Crippen LogP contribution in [-0.4, -0.2) is 0 Å². The molecule has 3 rings (SSSR count). The highest BCUT2D eigenvalue weighted by atomic mass is 16.3. The molecule has 0 amide bonds. The van der Waals surface area contributed by atoms with Gasteiger partial charge in [-0.3, -0.25) is 0 Å². The third-order valence-electron chi connectivity index (χ3n) is 3.06. The predicted molar refractivity (Wildman–Crippen MR) is 72.4 cm³/mol. The van der Waals surface area contributed by atoms with E-state index >= 15 is 0 Å². The van der Waals surface area contributed by atoms with Crippen molar-refractivity contribution >= 4 is 32.9 Å². The zero-order valence-corrected chi connectivity index (χ0v) is 9.33. The summed E-state index contributed by atoms with van der Waals surface area (Å²) < 4.78 is 0. The van der Waals surface area contributed by atoms with Crippen LogP contribution in [0.5, 0.6) is 0 Å². The van der Waals surface area contributed by atoms with Crippen LogP contribution in [0.15, 0.2) is 58.9 Å². The van der Waals surface area contributed by atoms with E-state index in [0.717, 1.165) is 0 Å². The fraction of sp³-hybridized carbons (Fsp3) is 0. The SMILES string of the molecule is O=Nc1c2ccccc2c(N=O)c2ccccc12. The quantitative estimate of drug-likeness (QED) is 0.474. The van der Waals surface area contributed by atoms with Crippen molar-refractivity contribution in [2.45, 2.75) is 0 Å². The maximum Gasteiger partial charge on any atom is 0.123 e. The largest absolute Gasteiger partial charge is 0.145 e. The van der Waals surface area contributed by atoms with Gasteiger partial charge in [0.05, 0.1) is 0 Å². The predicted octanol–water partition coefficient (Wildman–Crippen LogP) is 4.79. The molecule has 0 heterocycles. The van der Waals surface area contributed by atoms with Crippen LogP contribution in [0.4, 0.5) is 11.4 Å². The van der Waals surface area contributed by atoms with Crippen molar-refractivity contribution in [3.05, 3.63) is 58.3 Å². The molecule has 0 aliphatic carbocycles. The molecule has 0 saturated heterocycles. The summed E-state index contributed by atoms with van der Waals surface area (Å²) >= 11 is 0. The molecule has 0 fully saturated rings. The molecule has 0 atom stereocenters. The van der Waals surface area contributed by atoms with Gasteiger partial charge in [0.25, 0.3) is 0 Å². The molecule has 0 bridgehead atoms. The monoisotopic (exact) mass is 236 g/mol. The number of nitrogens with zero attached hydrogens (tertiary/aromatic N) is 2. The Morgan fingerprint density at radius 2 is 0.833 bits per heavy atom. The number of nitroso groups, excluding NO2 is 2. The highest BCUT2D eigenvalue weighted by Gasteiger charge is 2.13. The van der Waals surface area contributed by atoms with Gasteiger partial charge in [-0.05, 0) is 10.4 Å². The van der Waals surface area contributed by atoms with Gasteiger partial charge in [0.1, 0.15) is 11.4 Å². The summed E-state index contributed by atoms with van der Waals surface area (Å²) in [7, 11) is 0. The van der Waals surface area contributed by atoms with Gasteiger partial charge in [-0.1, -0.05) is 48.5 Å². The third-order valence-corrected chi connectivity index (χ3v) is 3.06. The summed E-state index contributed by atoms with van der Waals surface area (Å²) in [6.45, 7) is 0. The molecule has 0 aromatic heterocycles. The minimum atomic E-state index is 0.355. The smallest absolute Gasteiger partial charge is 0.123 e. The van der Waals surface area contributed by atoms with Gasteiger partial charge in [0.15, 0.2) is 0 Å². The van der Waals surface area contributed by atoms with Gasteiger partial charge in [0.2, 0.25) is 0 Å². The first-order valence-electron chi connectivity index (χ1n) is 5.47. The van der Waals surface area contributed by atoms with Crippen LogP contribution in [0, 0.1) is 9.81 Å². The number of benzene rings is 3. The van der Waals surface area contributed by atoms with Crippen LogP contribution in [0.3, 0.4) is 0 Å². The van der Waals surface area contributed by atoms with E-state index in [4.69, 9.17) is 0 Å². The first-order chi connectivity index (χ1) is 8.86. The van der Waals surface area contributed by atoms with E-state index in [1.807, 2.05) is 0 Å². The Morgan fingerprint density at radius 1 is 0.556 bits per heavy atom. The summed E-state index contributed by atoms with van der Waals surface area (Å²) in [5.41, 5.74) is 0.710. The van der Waals surface area contributed by atoms with Gasteiger partial charge in [0, 0.05) is 21.5 Å². The Labute approximate surface area is 102 Å². The van der Waals surface area contributed by atoms with Gasteiger partial charge in [-0.2, -0.15) is 0 Å². The molecule has 0 unspecified atom stereocenters. The maximum absolute atomic E-state index is 11.1. The number of fused-ring (bicyclic) bond motifs is 2. The van der Waals surface area contributed by atoms with E-state index in [9.17, 15) is 9.81 Å². The highest BCUT2D eigenvalue weighted by molar-refractivity contribution is 6.17. The Balaban J connectivity index is 2.70. The molecule has 18 heavy (non-hydrogen) atoms. The van der Waals surface area contributed by atoms with Crippen molar-refractivity contribution in [2.75, 3.05) is 0 Å². The van der Waals surface area contributed by atoms with E-state index in [-0.39, 0.29) is 0 Å². The molecular formula is C14H8N2O2. The summed E-state index contributed by atoms with van der Waals surface area (Å²) in [6.07, 6.45) is 0. The average molecular weight is 236 g/mol. The van der Waals surface area contributed by atoms with Crippen molar-refractivity contribution in [1.82, 2.24) is 0 Å². The van der Waals surface area contributed by atoms with E-state index in [0.29, 0.717) is 32.9 Å². The van der Waals surface area contributed by atoms with Crippen molar-refractivity contribution in [3.8, 4) is 0 Å². The van der Waals surface area contributed by atoms with Crippen molar-refractivity contribution < 1.29 is 0 Å². The molecule has 0 aliphatic rings. The Hall–Kier alpha value is -2.62. The van der Waals surface area contributed by atoms with E-state index < -0.39 is 0 Å². The zero-order chi connectivity index (χ0) is 12.5.